The molecule has 5 atom stereocenters. The van der Waals surface area contributed by atoms with Gasteiger partial charge < -0.3 is 20.3 Å². The summed E-state index contributed by atoms with van der Waals surface area (Å²) in [5.74, 6) is -1.74. The minimum absolute atomic E-state index is 0.116. The van der Waals surface area contributed by atoms with E-state index in [1.165, 1.54) is 0 Å². The van der Waals surface area contributed by atoms with Crippen LogP contribution in [0.4, 0.5) is 0 Å². The fourth-order valence-corrected chi connectivity index (χ4v) is 6.96. The maximum Gasteiger partial charge on any atom is 0.246 e. The molecular formula is C25H37N3O4. The quantitative estimate of drug-likeness (QED) is 0.654. The van der Waals surface area contributed by atoms with E-state index in [1.807, 2.05) is 39.8 Å². The third-order valence-corrected chi connectivity index (χ3v) is 8.35. The molecule has 5 aliphatic rings. The molecule has 0 radical (unpaired) electrons. The van der Waals surface area contributed by atoms with Crippen LogP contribution in [0.15, 0.2) is 12.2 Å². The number of nitrogens with one attached hydrogen (secondary N) is 2. The van der Waals surface area contributed by atoms with E-state index in [2.05, 4.69) is 10.6 Å². The van der Waals surface area contributed by atoms with Gasteiger partial charge in [-0.05, 0) is 53.4 Å². The number of carbonyl (C=O) groups excluding carboxylic acids is 3. The molecule has 0 aromatic rings. The maximum absolute atomic E-state index is 13.9. The van der Waals surface area contributed by atoms with Crippen LogP contribution >= 0.6 is 0 Å². The van der Waals surface area contributed by atoms with Gasteiger partial charge in [-0.15, -0.1) is 0 Å². The van der Waals surface area contributed by atoms with Gasteiger partial charge in [0, 0.05) is 17.6 Å². The molecule has 2 aliphatic carbocycles. The number of ether oxygens (including phenoxy) is 1. The highest BCUT2D eigenvalue weighted by Crippen LogP contribution is 2.60. The number of amides is 3. The summed E-state index contributed by atoms with van der Waals surface area (Å²) in [6.45, 7) is 7.73. The average molecular weight is 444 g/mol. The van der Waals surface area contributed by atoms with E-state index in [1.54, 1.807) is 4.90 Å². The Morgan fingerprint density at radius 3 is 2.03 bits per heavy atom. The van der Waals surface area contributed by atoms with Crippen molar-refractivity contribution in [1.29, 1.82) is 0 Å². The molecule has 7 heteroatoms. The third-order valence-electron chi connectivity index (χ3n) is 8.35. The second-order valence-electron chi connectivity index (χ2n) is 11.7. The van der Waals surface area contributed by atoms with Crippen molar-refractivity contribution < 1.29 is 19.1 Å². The van der Waals surface area contributed by atoms with Gasteiger partial charge in [0.15, 0.2) is 0 Å². The summed E-state index contributed by atoms with van der Waals surface area (Å²) in [6.07, 6.45) is 12.2. The zero-order valence-corrected chi connectivity index (χ0v) is 19.8. The normalized spacial score (nSPS) is 39.2. The van der Waals surface area contributed by atoms with Gasteiger partial charge in [0.2, 0.25) is 17.7 Å². The first kappa shape index (κ1) is 21.9. The van der Waals surface area contributed by atoms with Crippen LogP contribution in [0.2, 0.25) is 0 Å². The van der Waals surface area contributed by atoms with Crippen molar-refractivity contribution in [2.45, 2.75) is 114 Å². The molecule has 0 aromatic heterocycles. The Morgan fingerprint density at radius 2 is 1.50 bits per heavy atom. The van der Waals surface area contributed by atoms with Gasteiger partial charge >= 0.3 is 0 Å². The van der Waals surface area contributed by atoms with Crippen LogP contribution in [0.5, 0.6) is 0 Å². The fourth-order valence-electron chi connectivity index (χ4n) is 6.96. The second-order valence-corrected chi connectivity index (χ2v) is 11.7. The topological polar surface area (TPSA) is 87.7 Å². The van der Waals surface area contributed by atoms with Crippen molar-refractivity contribution in [1.82, 2.24) is 15.5 Å². The Balaban J connectivity index is 1.50. The SMILES string of the molecule is CC(C)(C)N1C(=O)[C@@H]2[C@H](C(=O)NC3CCCC3)[C@]3(C)C=C[C@@]2(O3)[C@H]1C(=O)NC1CCCC1. The van der Waals surface area contributed by atoms with Crippen LogP contribution in [0.1, 0.15) is 79.1 Å². The van der Waals surface area contributed by atoms with Gasteiger partial charge in [-0.25, -0.2) is 0 Å². The summed E-state index contributed by atoms with van der Waals surface area (Å²) in [4.78, 5) is 42.8. The third kappa shape index (κ3) is 3.14. The molecule has 1 spiro atoms. The smallest absolute Gasteiger partial charge is 0.246 e. The van der Waals surface area contributed by atoms with Crippen LogP contribution in [-0.4, -0.2) is 57.5 Å². The average Bonchev–Trinajstić information content (AvgIpc) is 3.48. The number of fused-ring (bicyclic) bond motifs is 1. The van der Waals surface area contributed by atoms with E-state index in [-0.39, 0.29) is 29.8 Å². The summed E-state index contributed by atoms with van der Waals surface area (Å²) in [7, 11) is 0. The molecule has 7 nitrogen and oxygen atoms in total. The predicted octanol–water partition coefficient (Wildman–Crippen LogP) is 2.44. The van der Waals surface area contributed by atoms with Crippen molar-refractivity contribution in [2.24, 2.45) is 11.8 Å². The lowest BCUT2D eigenvalue weighted by Crippen LogP contribution is -2.60. The highest BCUT2D eigenvalue weighted by molar-refractivity contribution is 6.00. The number of hydrogen-bond acceptors (Lipinski definition) is 4. The van der Waals surface area contributed by atoms with Gasteiger partial charge in [0.05, 0.1) is 17.4 Å². The summed E-state index contributed by atoms with van der Waals surface area (Å²) in [5, 5.41) is 6.39. The first-order valence-corrected chi connectivity index (χ1v) is 12.4. The predicted molar refractivity (Wildman–Crippen MR) is 120 cm³/mol. The molecule has 32 heavy (non-hydrogen) atoms. The molecule has 4 fully saturated rings. The van der Waals surface area contributed by atoms with Crippen molar-refractivity contribution in [3.8, 4) is 0 Å². The van der Waals surface area contributed by atoms with E-state index >= 15 is 0 Å². The highest BCUT2D eigenvalue weighted by atomic mass is 16.5. The minimum atomic E-state index is -1.10. The standard InChI is InChI=1S/C25H37N3O4/c1-23(2,3)28-19(21(30)27-16-11-7-8-12-16)25-14-13-24(4,32-25)17(18(25)22(28)31)20(29)26-15-9-5-6-10-15/h13-19H,5-12H2,1-4H3,(H,26,29)(H,27,30)/t17-,18+,19-,24+,25+/m1/s1. The van der Waals surface area contributed by atoms with Crippen LogP contribution < -0.4 is 10.6 Å². The first-order chi connectivity index (χ1) is 15.1. The summed E-state index contributed by atoms with van der Waals surface area (Å²) in [5.41, 5.74) is -2.55. The fraction of sp³-hybridized carbons (Fsp3) is 0.800. The van der Waals surface area contributed by atoms with E-state index < -0.39 is 34.6 Å². The lowest BCUT2D eigenvalue weighted by molar-refractivity contribution is -0.150. The van der Waals surface area contributed by atoms with Crippen molar-refractivity contribution in [3.63, 3.8) is 0 Å². The van der Waals surface area contributed by atoms with Crippen molar-refractivity contribution in [3.05, 3.63) is 12.2 Å². The number of nitrogens with zero attached hydrogens (tertiary/aromatic N) is 1. The van der Waals surface area contributed by atoms with Gasteiger partial charge in [-0.2, -0.15) is 0 Å². The Hall–Kier alpha value is -1.89. The molecule has 2 bridgehead atoms. The first-order valence-electron chi connectivity index (χ1n) is 12.4. The monoisotopic (exact) mass is 443 g/mol. The van der Waals surface area contributed by atoms with Gasteiger partial charge in [0.25, 0.3) is 0 Å². The van der Waals surface area contributed by atoms with E-state index in [9.17, 15) is 14.4 Å². The number of likely N-dealkylation sites (tertiary alicyclic amines) is 1. The molecular weight excluding hydrogens is 406 g/mol. The Bertz CT molecular complexity index is 852. The van der Waals surface area contributed by atoms with Gasteiger partial charge in [0.1, 0.15) is 11.6 Å². The molecule has 5 rings (SSSR count). The number of rotatable bonds is 4. The molecule has 0 aromatic carbocycles. The molecule has 2 saturated carbocycles. The zero-order valence-electron chi connectivity index (χ0n) is 19.8. The van der Waals surface area contributed by atoms with Crippen LogP contribution in [0.25, 0.3) is 0 Å². The lowest BCUT2D eigenvalue weighted by atomic mass is 9.70. The van der Waals surface area contributed by atoms with E-state index in [4.69, 9.17) is 4.74 Å². The molecule has 3 aliphatic heterocycles. The molecule has 3 amide bonds. The Morgan fingerprint density at radius 1 is 0.969 bits per heavy atom. The summed E-state index contributed by atoms with van der Waals surface area (Å²) < 4.78 is 6.57. The number of carbonyl (C=O) groups is 3. The van der Waals surface area contributed by atoms with Crippen molar-refractivity contribution >= 4 is 17.7 Å². The Labute approximate surface area is 190 Å². The minimum Gasteiger partial charge on any atom is -0.356 e. The number of hydrogen-bond donors (Lipinski definition) is 2. The van der Waals surface area contributed by atoms with Crippen LogP contribution in [-0.2, 0) is 19.1 Å². The molecule has 176 valence electrons. The molecule has 2 N–H and O–H groups in total. The zero-order chi connectivity index (χ0) is 22.9. The van der Waals surface area contributed by atoms with E-state index in [0.717, 1.165) is 51.4 Å². The molecule has 3 heterocycles. The van der Waals surface area contributed by atoms with Gasteiger partial charge in [-0.3, -0.25) is 14.4 Å². The highest BCUT2D eigenvalue weighted by Gasteiger charge is 2.77. The summed E-state index contributed by atoms with van der Waals surface area (Å²) >= 11 is 0. The second kappa shape index (κ2) is 7.31. The van der Waals surface area contributed by atoms with Gasteiger partial charge in [-0.1, -0.05) is 37.8 Å². The van der Waals surface area contributed by atoms with Crippen LogP contribution in [0.3, 0.4) is 0 Å². The molecule has 2 saturated heterocycles. The van der Waals surface area contributed by atoms with E-state index in [0.29, 0.717) is 0 Å². The van der Waals surface area contributed by atoms with Crippen LogP contribution in [0, 0.1) is 11.8 Å². The Kier molecular flexibility index (Phi) is 5.01. The largest absolute Gasteiger partial charge is 0.356 e. The van der Waals surface area contributed by atoms with Crippen molar-refractivity contribution in [2.75, 3.05) is 0 Å². The summed E-state index contributed by atoms with van der Waals surface area (Å²) in [6, 6.07) is -0.459. The maximum atomic E-state index is 13.9. The molecule has 0 unspecified atom stereocenters. The lowest BCUT2D eigenvalue weighted by Gasteiger charge is -2.40.